The number of carbonyl (C=O) groups is 1. The van der Waals surface area contributed by atoms with Crippen molar-refractivity contribution in [2.45, 2.75) is 51.1 Å². The lowest BCUT2D eigenvalue weighted by molar-refractivity contribution is -0.276. The predicted octanol–water partition coefficient (Wildman–Crippen LogP) is 6.22. The van der Waals surface area contributed by atoms with E-state index in [2.05, 4.69) is 27.1 Å². The van der Waals surface area contributed by atoms with Crippen LogP contribution in [-0.2, 0) is 16.1 Å². The minimum absolute atomic E-state index is 0.0363. The van der Waals surface area contributed by atoms with Gasteiger partial charge in [-0.05, 0) is 54.9 Å². The van der Waals surface area contributed by atoms with Crippen molar-refractivity contribution in [2.24, 2.45) is 5.92 Å². The highest BCUT2D eigenvalue weighted by Gasteiger charge is 2.39. The van der Waals surface area contributed by atoms with E-state index in [9.17, 15) is 15.0 Å². The second-order valence-electron chi connectivity index (χ2n) is 12.2. The lowest BCUT2D eigenvalue weighted by atomic mass is 9.89. The molecule has 1 saturated heterocycles. The number of nitrogens with zero attached hydrogens (tertiary/aromatic N) is 3. The van der Waals surface area contributed by atoms with Crippen molar-refractivity contribution in [1.29, 1.82) is 0 Å². The molecule has 6 atom stereocenters. The van der Waals surface area contributed by atoms with Crippen LogP contribution in [0, 0.1) is 5.92 Å². The van der Waals surface area contributed by atoms with E-state index in [0.717, 1.165) is 27.8 Å². The van der Waals surface area contributed by atoms with Gasteiger partial charge >= 0.3 is 0 Å². The van der Waals surface area contributed by atoms with Gasteiger partial charge in [-0.15, -0.1) is 0 Å². The number of ether oxygens (including phenoxy) is 2. The largest absolute Gasteiger partial charge is 0.392 e. The van der Waals surface area contributed by atoms with Gasteiger partial charge < -0.3 is 25.0 Å². The molecule has 0 saturated carbocycles. The molecule has 2 heterocycles. The number of aliphatic hydroxyl groups is 2. The molecule has 9 heteroatoms. The van der Waals surface area contributed by atoms with E-state index in [-0.39, 0.29) is 42.4 Å². The molecule has 0 unspecified atom stereocenters. The highest BCUT2D eigenvalue weighted by atomic mass is 16.7. The highest BCUT2D eigenvalue weighted by Crippen LogP contribution is 2.42. The zero-order chi connectivity index (χ0) is 32.9. The number of nitrogens with one attached hydrogen (secondary N) is 1. The number of likely N-dealkylation sites (N-methyl/N-ethyl adjacent to an activating group) is 1. The first kappa shape index (κ1) is 32.4. The van der Waals surface area contributed by atoms with Crippen molar-refractivity contribution in [3.8, 4) is 0 Å². The molecule has 5 aromatic rings. The van der Waals surface area contributed by atoms with Crippen LogP contribution in [0.25, 0.3) is 11.0 Å². The molecule has 9 nitrogen and oxygen atoms in total. The minimum Gasteiger partial charge on any atom is -0.392 e. The van der Waals surface area contributed by atoms with Gasteiger partial charge in [0.15, 0.2) is 6.29 Å². The van der Waals surface area contributed by atoms with Crippen LogP contribution in [0.3, 0.4) is 0 Å². The van der Waals surface area contributed by atoms with E-state index in [1.165, 1.54) is 6.20 Å². The highest BCUT2D eigenvalue weighted by molar-refractivity contribution is 6.03. The number of anilines is 1. The molecule has 1 aromatic heterocycles. The van der Waals surface area contributed by atoms with Crippen LogP contribution in [0.15, 0.2) is 109 Å². The predicted molar refractivity (Wildman–Crippen MR) is 180 cm³/mol. The monoisotopic (exact) mass is 632 g/mol. The van der Waals surface area contributed by atoms with Crippen LogP contribution in [0.1, 0.15) is 65.1 Å². The summed E-state index contributed by atoms with van der Waals surface area (Å²) < 4.78 is 13.3. The lowest BCUT2D eigenvalue weighted by Crippen LogP contribution is -2.46. The molecule has 1 fully saturated rings. The Labute approximate surface area is 274 Å². The van der Waals surface area contributed by atoms with Gasteiger partial charge in [-0.1, -0.05) is 85.8 Å². The summed E-state index contributed by atoms with van der Waals surface area (Å²) in [6, 6.07) is 32.1. The summed E-state index contributed by atoms with van der Waals surface area (Å²) in [5.41, 5.74) is 5.57. The Balaban J connectivity index is 1.23. The van der Waals surface area contributed by atoms with E-state index >= 15 is 0 Å². The zero-order valence-corrected chi connectivity index (χ0v) is 26.7. The normalized spacial score (nSPS) is 21.0. The number of benzene rings is 4. The van der Waals surface area contributed by atoms with E-state index in [1.807, 2.05) is 117 Å². The molecule has 6 rings (SSSR count). The van der Waals surface area contributed by atoms with Crippen LogP contribution < -0.4 is 5.32 Å². The van der Waals surface area contributed by atoms with E-state index in [0.29, 0.717) is 17.7 Å². The van der Waals surface area contributed by atoms with Gasteiger partial charge in [-0.2, -0.15) is 0 Å². The lowest BCUT2D eigenvalue weighted by Gasteiger charge is -2.43. The van der Waals surface area contributed by atoms with Crippen LogP contribution in [0.5, 0.6) is 0 Å². The molecule has 0 radical (unpaired) electrons. The Morgan fingerprint density at radius 2 is 1.64 bits per heavy atom. The Bertz CT molecular complexity index is 1800. The third kappa shape index (κ3) is 7.40. The number of para-hydroxylation sites is 2. The molecule has 1 amide bonds. The fourth-order valence-corrected chi connectivity index (χ4v) is 5.97. The van der Waals surface area contributed by atoms with Crippen LogP contribution in [-0.4, -0.2) is 56.7 Å². The third-order valence-corrected chi connectivity index (χ3v) is 8.98. The molecule has 1 aliphatic rings. The fourth-order valence-electron chi connectivity index (χ4n) is 5.97. The maximum Gasteiger partial charge on any atom is 0.275 e. The number of hydrogen-bond acceptors (Lipinski definition) is 8. The average molecular weight is 633 g/mol. The second kappa shape index (κ2) is 14.5. The van der Waals surface area contributed by atoms with E-state index in [4.69, 9.17) is 9.47 Å². The smallest absolute Gasteiger partial charge is 0.275 e. The topological polar surface area (TPSA) is 117 Å². The molecular formula is C38H40N4O5. The van der Waals surface area contributed by atoms with Gasteiger partial charge in [0, 0.05) is 29.8 Å². The van der Waals surface area contributed by atoms with E-state index in [1.54, 1.807) is 0 Å². The average Bonchev–Trinajstić information content (AvgIpc) is 3.12. The summed E-state index contributed by atoms with van der Waals surface area (Å²) in [6.45, 7) is 4.63. The SMILES string of the molecule is C[C@@H]1[C@H](CN(C)[C@@H](C)[C@H](O)c2ccccc2)O[C@H](c2cccc(NC(=O)c3cnc4ccccc4n3)c2)O[C@@H]1c1ccc(CO)cc1. The Morgan fingerprint density at radius 1 is 0.915 bits per heavy atom. The summed E-state index contributed by atoms with van der Waals surface area (Å²) in [7, 11) is 1.99. The van der Waals surface area contributed by atoms with Crippen molar-refractivity contribution in [2.75, 3.05) is 18.9 Å². The first-order chi connectivity index (χ1) is 22.8. The van der Waals surface area contributed by atoms with Crippen molar-refractivity contribution in [3.63, 3.8) is 0 Å². The number of hydrogen-bond donors (Lipinski definition) is 3. The number of carbonyl (C=O) groups excluding carboxylic acids is 1. The van der Waals surface area contributed by atoms with Gasteiger partial charge in [0.05, 0.1) is 42.1 Å². The van der Waals surface area contributed by atoms with Gasteiger partial charge in [0.25, 0.3) is 5.91 Å². The molecule has 0 aliphatic carbocycles. The third-order valence-electron chi connectivity index (χ3n) is 8.98. The first-order valence-corrected chi connectivity index (χ1v) is 15.9. The fraction of sp³-hybridized carbons (Fsp3) is 0.289. The Hall–Kier alpha value is -4.51. The summed E-state index contributed by atoms with van der Waals surface area (Å²) >= 11 is 0. The standard InChI is InChI=1S/C38H40N4O5/c1-24-34(22-42(3)25(2)35(44)27-10-5-4-6-11-27)46-38(47-36(24)28-18-16-26(23-43)17-19-28)29-12-9-13-30(20-29)40-37(45)33-21-39-31-14-7-8-15-32(31)41-33/h4-21,24-25,34-36,38,43-44H,22-23H2,1-3H3,(H,40,45)/t24-,25+,34+,35+,36+,38+/m1/s1. The number of aliphatic hydroxyl groups excluding tert-OH is 2. The molecule has 47 heavy (non-hydrogen) atoms. The van der Waals surface area contributed by atoms with Crippen molar-refractivity contribution in [1.82, 2.24) is 14.9 Å². The van der Waals surface area contributed by atoms with Crippen LogP contribution >= 0.6 is 0 Å². The first-order valence-electron chi connectivity index (χ1n) is 15.9. The van der Waals surface area contributed by atoms with Crippen molar-refractivity contribution < 1.29 is 24.5 Å². The number of aromatic nitrogens is 2. The molecule has 0 bridgehead atoms. The molecule has 242 valence electrons. The molecular weight excluding hydrogens is 592 g/mol. The molecule has 3 N–H and O–H groups in total. The van der Waals surface area contributed by atoms with Crippen LogP contribution in [0.4, 0.5) is 5.69 Å². The van der Waals surface area contributed by atoms with Crippen molar-refractivity contribution in [3.05, 3.63) is 137 Å². The minimum atomic E-state index is -0.723. The Morgan fingerprint density at radius 3 is 2.38 bits per heavy atom. The van der Waals surface area contributed by atoms with E-state index < -0.39 is 12.4 Å². The van der Waals surface area contributed by atoms with Crippen molar-refractivity contribution >= 4 is 22.6 Å². The van der Waals surface area contributed by atoms with Crippen LogP contribution in [0.2, 0.25) is 0 Å². The summed E-state index contributed by atoms with van der Waals surface area (Å²) in [5, 5.41) is 23.7. The molecule has 1 aliphatic heterocycles. The van der Waals surface area contributed by atoms with Gasteiger partial charge in [-0.3, -0.25) is 14.7 Å². The quantitative estimate of drug-likeness (QED) is 0.166. The number of amides is 1. The maximum atomic E-state index is 13.2. The number of rotatable bonds is 10. The second-order valence-corrected chi connectivity index (χ2v) is 12.2. The summed E-state index contributed by atoms with van der Waals surface area (Å²) in [6.07, 6.45) is -0.474. The maximum absolute atomic E-state index is 13.2. The number of fused-ring (bicyclic) bond motifs is 1. The molecule has 4 aromatic carbocycles. The zero-order valence-electron chi connectivity index (χ0n) is 26.7. The summed E-state index contributed by atoms with van der Waals surface area (Å²) in [4.78, 5) is 24.1. The van der Waals surface area contributed by atoms with Gasteiger partial charge in [-0.25, -0.2) is 4.98 Å². The van der Waals surface area contributed by atoms with Gasteiger partial charge in [0.2, 0.25) is 0 Å². The van der Waals surface area contributed by atoms with Gasteiger partial charge in [0.1, 0.15) is 5.69 Å². The Kier molecular flexibility index (Phi) is 10.0. The summed E-state index contributed by atoms with van der Waals surface area (Å²) in [5.74, 6) is -0.407. The molecule has 0 spiro atoms.